The van der Waals surface area contributed by atoms with Crippen molar-refractivity contribution in [2.24, 2.45) is 5.92 Å². The summed E-state index contributed by atoms with van der Waals surface area (Å²) in [7, 11) is 0. The first kappa shape index (κ1) is 15.1. The van der Waals surface area contributed by atoms with E-state index >= 15 is 0 Å². The van der Waals surface area contributed by atoms with E-state index in [9.17, 15) is 9.59 Å². The van der Waals surface area contributed by atoms with Gasteiger partial charge in [-0.2, -0.15) is 0 Å². The molecule has 19 heavy (non-hydrogen) atoms. The Balaban J connectivity index is 2.75. The third kappa shape index (κ3) is 4.05. The molecule has 0 spiro atoms. The van der Waals surface area contributed by atoms with Crippen LogP contribution in [-0.2, 0) is 9.59 Å². The van der Waals surface area contributed by atoms with Crippen LogP contribution < -0.4 is 5.32 Å². The van der Waals surface area contributed by atoms with E-state index < -0.39 is 17.9 Å². The number of rotatable bonds is 6. The number of carboxylic acid groups (broad SMARTS) is 1. The normalized spacial score (nSPS) is 15.3. The van der Waals surface area contributed by atoms with Crippen molar-refractivity contribution in [3.05, 3.63) is 30.1 Å². The van der Waals surface area contributed by atoms with Gasteiger partial charge in [0.2, 0.25) is 5.91 Å². The molecule has 5 nitrogen and oxygen atoms in total. The van der Waals surface area contributed by atoms with E-state index in [-0.39, 0.29) is 11.8 Å². The highest BCUT2D eigenvalue weighted by Gasteiger charge is 2.27. The van der Waals surface area contributed by atoms with Crippen LogP contribution in [0.1, 0.15) is 38.7 Å². The molecule has 0 fully saturated rings. The zero-order chi connectivity index (χ0) is 14.4. The molecule has 0 aromatic carbocycles. The second kappa shape index (κ2) is 6.87. The van der Waals surface area contributed by atoms with Gasteiger partial charge < -0.3 is 10.4 Å². The summed E-state index contributed by atoms with van der Waals surface area (Å²) in [4.78, 5) is 27.2. The van der Waals surface area contributed by atoms with Crippen molar-refractivity contribution in [1.82, 2.24) is 10.3 Å². The van der Waals surface area contributed by atoms with Gasteiger partial charge in [0.1, 0.15) is 6.04 Å². The maximum Gasteiger partial charge on any atom is 0.326 e. The zero-order valence-corrected chi connectivity index (χ0v) is 11.5. The molecule has 0 aliphatic rings. The minimum absolute atomic E-state index is 0.109. The third-order valence-electron chi connectivity index (χ3n) is 3.35. The molecule has 1 aromatic heterocycles. The molecule has 0 bridgehead atoms. The molecule has 1 rings (SSSR count). The summed E-state index contributed by atoms with van der Waals surface area (Å²) in [5, 5.41) is 11.7. The van der Waals surface area contributed by atoms with E-state index in [1.165, 1.54) is 0 Å². The Labute approximate surface area is 113 Å². The van der Waals surface area contributed by atoms with Crippen LogP contribution in [0.15, 0.2) is 24.5 Å². The topological polar surface area (TPSA) is 79.3 Å². The van der Waals surface area contributed by atoms with Crippen LogP contribution >= 0.6 is 0 Å². The average molecular weight is 264 g/mol. The van der Waals surface area contributed by atoms with Gasteiger partial charge in [0.15, 0.2) is 0 Å². The number of carbonyl (C=O) groups is 2. The maximum atomic E-state index is 12.1. The van der Waals surface area contributed by atoms with Crippen LogP contribution in [0.3, 0.4) is 0 Å². The van der Waals surface area contributed by atoms with E-state index in [0.29, 0.717) is 6.42 Å². The molecule has 1 amide bonds. The smallest absolute Gasteiger partial charge is 0.326 e. The standard InChI is InChI=1S/C14H20N2O3/c1-4-9(2)12(14(18)19)16-13(17)10(3)11-6-5-7-15-8-11/h5-10,12H,4H2,1-3H3,(H,16,17)(H,18,19)/t9-,10?,12-/m0/s1. The van der Waals surface area contributed by atoms with E-state index in [0.717, 1.165) is 5.56 Å². The summed E-state index contributed by atoms with van der Waals surface area (Å²) < 4.78 is 0. The molecule has 2 N–H and O–H groups in total. The summed E-state index contributed by atoms with van der Waals surface area (Å²) in [6.45, 7) is 5.45. The number of aromatic nitrogens is 1. The van der Waals surface area contributed by atoms with Gasteiger partial charge >= 0.3 is 5.97 Å². The molecular formula is C14H20N2O3. The highest BCUT2D eigenvalue weighted by atomic mass is 16.4. The quantitative estimate of drug-likeness (QED) is 0.821. The molecular weight excluding hydrogens is 244 g/mol. The number of pyridine rings is 1. The van der Waals surface area contributed by atoms with Crippen molar-refractivity contribution in [3.8, 4) is 0 Å². The van der Waals surface area contributed by atoms with Crippen molar-refractivity contribution < 1.29 is 14.7 Å². The van der Waals surface area contributed by atoms with Crippen LogP contribution in [-0.4, -0.2) is 28.0 Å². The molecule has 0 aliphatic heterocycles. The van der Waals surface area contributed by atoms with Crippen molar-refractivity contribution >= 4 is 11.9 Å². The number of amides is 1. The van der Waals surface area contributed by atoms with Gasteiger partial charge in [-0.15, -0.1) is 0 Å². The molecule has 0 radical (unpaired) electrons. The minimum atomic E-state index is -0.999. The van der Waals surface area contributed by atoms with Gasteiger partial charge in [0, 0.05) is 12.4 Å². The van der Waals surface area contributed by atoms with Crippen molar-refractivity contribution in [2.75, 3.05) is 0 Å². The molecule has 1 unspecified atom stereocenters. The number of aliphatic carboxylic acids is 1. The van der Waals surface area contributed by atoms with Crippen LogP contribution in [0.5, 0.6) is 0 Å². The predicted molar refractivity (Wildman–Crippen MR) is 71.7 cm³/mol. The Morgan fingerprint density at radius 2 is 2.11 bits per heavy atom. The van der Waals surface area contributed by atoms with Crippen LogP contribution in [0.4, 0.5) is 0 Å². The van der Waals surface area contributed by atoms with Crippen LogP contribution in [0.25, 0.3) is 0 Å². The molecule has 3 atom stereocenters. The van der Waals surface area contributed by atoms with Gasteiger partial charge in [-0.05, 0) is 24.5 Å². The third-order valence-corrected chi connectivity index (χ3v) is 3.35. The minimum Gasteiger partial charge on any atom is -0.480 e. The highest BCUT2D eigenvalue weighted by molar-refractivity contribution is 5.87. The predicted octanol–water partition coefficient (Wildman–Crippen LogP) is 1.80. The number of hydrogen-bond donors (Lipinski definition) is 2. The summed E-state index contributed by atoms with van der Waals surface area (Å²) in [6, 6.07) is 2.70. The van der Waals surface area contributed by atoms with E-state index in [2.05, 4.69) is 10.3 Å². The highest BCUT2D eigenvalue weighted by Crippen LogP contribution is 2.15. The van der Waals surface area contributed by atoms with Gasteiger partial charge in [-0.3, -0.25) is 9.78 Å². The fraction of sp³-hybridized carbons (Fsp3) is 0.500. The number of hydrogen-bond acceptors (Lipinski definition) is 3. The molecule has 5 heteroatoms. The lowest BCUT2D eigenvalue weighted by Gasteiger charge is -2.22. The number of nitrogens with one attached hydrogen (secondary N) is 1. The van der Waals surface area contributed by atoms with Gasteiger partial charge in [-0.1, -0.05) is 26.3 Å². The van der Waals surface area contributed by atoms with Gasteiger partial charge in [-0.25, -0.2) is 4.79 Å². The molecule has 0 aliphatic carbocycles. The lowest BCUT2D eigenvalue weighted by molar-refractivity contribution is -0.143. The fourth-order valence-electron chi connectivity index (χ4n) is 1.74. The second-order valence-electron chi connectivity index (χ2n) is 4.72. The first-order valence-corrected chi connectivity index (χ1v) is 6.40. The van der Waals surface area contributed by atoms with E-state index in [1.807, 2.05) is 13.8 Å². The first-order valence-electron chi connectivity index (χ1n) is 6.40. The molecule has 0 saturated heterocycles. The molecule has 1 aromatic rings. The Morgan fingerprint density at radius 3 is 2.58 bits per heavy atom. The lowest BCUT2D eigenvalue weighted by atomic mass is 9.97. The Kier molecular flexibility index (Phi) is 5.48. The monoisotopic (exact) mass is 264 g/mol. The van der Waals surface area contributed by atoms with Crippen molar-refractivity contribution in [1.29, 1.82) is 0 Å². The Hall–Kier alpha value is -1.91. The second-order valence-corrected chi connectivity index (χ2v) is 4.72. The van der Waals surface area contributed by atoms with E-state index in [4.69, 9.17) is 5.11 Å². The summed E-state index contributed by atoms with van der Waals surface area (Å²) in [5.41, 5.74) is 0.772. The number of carbonyl (C=O) groups excluding carboxylic acids is 1. The zero-order valence-electron chi connectivity index (χ0n) is 11.5. The summed E-state index contributed by atoms with van der Waals surface area (Å²) in [6.07, 6.45) is 3.94. The SMILES string of the molecule is CC[C@H](C)[C@H](NC(=O)C(C)c1cccnc1)C(=O)O. The number of nitrogens with zero attached hydrogens (tertiary/aromatic N) is 1. The Bertz CT molecular complexity index is 434. The largest absolute Gasteiger partial charge is 0.480 e. The lowest BCUT2D eigenvalue weighted by Crippen LogP contribution is -2.46. The summed E-state index contributed by atoms with van der Waals surface area (Å²) >= 11 is 0. The van der Waals surface area contributed by atoms with Crippen LogP contribution in [0.2, 0.25) is 0 Å². The Morgan fingerprint density at radius 1 is 1.42 bits per heavy atom. The molecule has 0 saturated carbocycles. The molecule has 1 heterocycles. The molecule has 104 valence electrons. The maximum absolute atomic E-state index is 12.1. The number of carboxylic acids is 1. The van der Waals surface area contributed by atoms with Crippen molar-refractivity contribution in [2.45, 2.75) is 39.2 Å². The fourth-order valence-corrected chi connectivity index (χ4v) is 1.74. The summed E-state index contributed by atoms with van der Waals surface area (Å²) in [5.74, 6) is -1.82. The van der Waals surface area contributed by atoms with Crippen molar-refractivity contribution in [3.63, 3.8) is 0 Å². The van der Waals surface area contributed by atoms with E-state index in [1.54, 1.807) is 31.5 Å². The average Bonchev–Trinajstić information content (AvgIpc) is 2.43. The van der Waals surface area contributed by atoms with Gasteiger partial charge in [0.25, 0.3) is 0 Å². The van der Waals surface area contributed by atoms with Gasteiger partial charge in [0.05, 0.1) is 5.92 Å². The first-order chi connectivity index (χ1) is 8.97. The van der Waals surface area contributed by atoms with Crippen LogP contribution in [0, 0.1) is 5.92 Å².